The molecule has 0 unspecified atom stereocenters. The van der Waals surface area contributed by atoms with Crippen LogP contribution in [0.25, 0.3) is 0 Å². The Kier molecular flexibility index (Phi) is 6.29. The van der Waals surface area contributed by atoms with E-state index in [0.29, 0.717) is 15.9 Å². The number of carbonyl (C=O) groups excluding carboxylic acids is 1. The van der Waals surface area contributed by atoms with Gasteiger partial charge in [-0.25, -0.2) is 4.68 Å². The van der Waals surface area contributed by atoms with E-state index in [-0.39, 0.29) is 11.9 Å². The van der Waals surface area contributed by atoms with Crippen molar-refractivity contribution in [2.75, 3.05) is 10.7 Å². The van der Waals surface area contributed by atoms with Crippen LogP contribution in [0.1, 0.15) is 43.3 Å². The molecule has 2 atom stereocenters. The van der Waals surface area contributed by atoms with Crippen molar-refractivity contribution in [3.8, 4) is 0 Å². The van der Waals surface area contributed by atoms with Crippen LogP contribution in [-0.2, 0) is 17.6 Å². The summed E-state index contributed by atoms with van der Waals surface area (Å²) in [6.07, 6.45) is 2.76. The van der Waals surface area contributed by atoms with Gasteiger partial charge in [0.2, 0.25) is 11.1 Å². The molecule has 0 fully saturated rings. The van der Waals surface area contributed by atoms with Crippen molar-refractivity contribution in [2.45, 2.75) is 49.6 Å². The Morgan fingerprint density at radius 2 is 1.93 bits per heavy atom. The monoisotopic (exact) mass is 441 g/mol. The van der Waals surface area contributed by atoms with Crippen molar-refractivity contribution in [1.82, 2.24) is 14.9 Å². The Morgan fingerprint density at radius 1 is 1.17 bits per heavy atom. The molecular formula is C22H24ClN5OS. The van der Waals surface area contributed by atoms with Crippen molar-refractivity contribution in [3.63, 3.8) is 0 Å². The zero-order chi connectivity index (χ0) is 21.1. The molecule has 3 aromatic rings. The quantitative estimate of drug-likeness (QED) is 0.572. The molecule has 0 radical (unpaired) electrons. The Labute approximate surface area is 185 Å². The minimum Gasteiger partial charge on any atom is -0.324 e. The van der Waals surface area contributed by atoms with Crippen LogP contribution in [0, 0.1) is 0 Å². The molecule has 30 heavy (non-hydrogen) atoms. The number of hydrogen-bond acceptors (Lipinski definition) is 5. The van der Waals surface area contributed by atoms with Crippen LogP contribution in [-0.4, -0.2) is 26.0 Å². The summed E-state index contributed by atoms with van der Waals surface area (Å²) in [5.74, 6) is 0.747. The highest BCUT2D eigenvalue weighted by molar-refractivity contribution is 8.00. The minimum atomic E-state index is -0.431. The number of rotatable bonds is 6. The molecule has 4 rings (SSSR count). The number of halogens is 1. The molecule has 1 aromatic heterocycles. The molecule has 156 valence electrons. The Hall–Kier alpha value is -2.51. The fourth-order valence-corrected chi connectivity index (χ4v) is 4.74. The van der Waals surface area contributed by atoms with Gasteiger partial charge in [0, 0.05) is 6.42 Å². The average Bonchev–Trinajstić information content (AvgIpc) is 3.16. The lowest BCUT2D eigenvalue weighted by Crippen LogP contribution is -2.41. The fraction of sp³-hybridized carbons (Fsp3) is 0.318. The van der Waals surface area contributed by atoms with Crippen molar-refractivity contribution >= 4 is 35.0 Å². The van der Waals surface area contributed by atoms with Crippen LogP contribution >= 0.6 is 23.4 Å². The van der Waals surface area contributed by atoms with E-state index < -0.39 is 5.25 Å². The van der Waals surface area contributed by atoms with Crippen molar-refractivity contribution < 1.29 is 4.79 Å². The fourth-order valence-electron chi connectivity index (χ4n) is 3.46. The standard InChI is InChI=1S/C22H24ClN5OS/c1-3-7-18-25-26-22-28(18)27-19(15-12-10-14(4-2)11-13-15)20(30-22)21(29)24-17-9-6-5-8-16(17)23/h5-6,8-13,19-20,27H,3-4,7H2,1-2H3,(H,24,29)/t19-,20-/m0/s1. The summed E-state index contributed by atoms with van der Waals surface area (Å²) in [7, 11) is 0. The third kappa shape index (κ3) is 4.18. The summed E-state index contributed by atoms with van der Waals surface area (Å²) >= 11 is 7.67. The molecular weight excluding hydrogens is 418 g/mol. The van der Waals surface area contributed by atoms with E-state index >= 15 is 0 Å². The number of amides is 1. The second-order valence-electron chi connectivity index (χ2n) is 7.19. The molecule has 8 heteroatoms. The molecule has 2 heterocycles. The van der Waals surface area contributed by atoms with Gasteiger partial charge in [0.05, 0.1) is 16.8 Å². The van der Waals surface area contributed by atoms with E-state index in [0.717, 1.165) is 30.7 Å². The number of hydrogen-bond donors (Lipinski definition) is 2. The van der Waals surface area contributed by atoms with E-state index in [4.69, 9.17) is 11.6 Å². The smallest absolute Gasteiger partial charge is 0.240 e. The number of carbonyl (C=O) groups is 1. The Morgan fingerprint density at radius 3 is 2.63 bits per heavy atom. The number of benzene rings is 2. The summed E-state index contributed by atoms with van der Waals surface area (Å²) in [5, 5.41) is 12.4. The first-order chi connectivity index (χ1) is 14.6. The molecule has 0 saturated carbocycles. The van der Waals surface area contributed by atoms with Gasteiger partial charge < -0.3 is 10.7 Å². The maximum Gasteiger partial charge on any atom is 0.240 e. The topological polar surface area (TPSA) is 71.8 Å². The molecule has 1 amide bonds. The highest BCUT2D eigenvalue weighted by atomic mass is 35.5. The first-order valence-electron chi connectivity index (χ1n) is 10.1. The second-order valence-corrected chi connectivity index (χ2v) is 8.71. The van der Waals surface area contributed by atoms with Gasteiger partial charge >= 0.3 is 0 Å². The number of nitrogens with one attached hydrogen (secondary N) is 2. The predicted octanol–water partition coefficient (Wildman–Crippen LogP) is 4.84. The second kappa shape index (κ2) is 9.10. The average molecular weight is 442 g/mol. The molecule has 1 aliphatic heterocycles. The lowest BCUT2D eigenvalue weighted by atomic mass is 10.0. The van der Waals surface area contributed by atoms with Crippen molar-refractivity contribution in [2.24, 2.45) is 0 Å². The van der Waals surface area contributed by atoms with E-state index in [9.17, 15) is 4.79 Å². The van der Waals surface area contributed by atoms with Gasteiger partial charge in [0.15, 0.2) is 5.82 Å². The predicted molar refractivity (Wildman–Crippen MR) is 122 cm³/mol. The van der Waals surface area contributed by atoms with Crippen LogP contribution in [0.2, 0.25) is 5.02 Å². The van der Waals surface area contributed by atoms with Gasteiger partial charge in [-0.15, -0.1) is 10.2 Å². The van der Waals surface area contributed by atoms with Gasteiger partial charge in [-0.3, -0.25) is 4.79 Å². The van der Waals surface area contributed by atoms with Crippen molar-refractivity contribution in [3.05, 3.63) is 70.5 Å². The van der Waals surface area contributed by atoms with Crippen LogP contribution in [0.5, 0.6) is 0 Å². The first-order valence-corrected chi connectivity index (χ1v) is 11.4. The van der Waals surface area contributed by atoms with Crippen molar-refractivity contribution in [1.29, 1.82) is 0 Å². The maximum absolute atomic E-state index is 13.3. The van der Waals surface area contributed by atoms with E-state index in [2.05, 4.69) is 59.1 Å². The maximum atomic E-state index is 13.3. The molecule has 0 aliphatic carbocycles. The number of para-hydroxylation sites is 1. The molecule has 0 spiro atoms. The third-order valence-electron chi connectivity index (χ3n) is 5.11. The molecule has 0 saturated heterocycles. The lowest BCUT2D eigenvalue weighted by molar-refractivity contribution is -0.116. The van der Waals surface area contributed by atoms with Gasteiger partial charge in [0.25, 0.3) is 0 Å². The summed E-state index contributed by atoms with van der Waals surface area (Å²) in [4.78, 5) is 13.3. The number of aromatic nitrogens is 3. The Balaban J connectivity index is 1.67. The number of aryl methyl sites for hydroxylation is 2. The Bertz CT molecular complexity index is 1040. The van der Waals surface area contributed by atoms with E-state index in [1.807, 2.05) is 16.8 Å². The minimum absolute atomic E-state index is 0.128. The van der Waals surface area contributed by atoms with Gasteiger partial charge in [-0.05, 0) is 36.1 Å². The first kappa shape index (κ1) is 20.8. The summed E-state index contributed by atoms with van der Waals surface area (Å²) in [6.45, 7) is 4.24. The van der Waals surface area contributed by atoms with Gasteiger partial charge in [0.1, 0.15) is 5.25 Å². The van der Waals surface area contributed by atoms with Gasteiger partial charge in [-0.2, -0.15) is 0 Å². The van der Waals surface area contributed by atoms with E-state index in [1.54, 1.807) is 12.1 Å². The third-order valence-corrected chi connectivity index (χ3v) is 6.66. The largest absolute Gasteiger partial charge is 0.324 e. The number of nitrogens with zero attached hydrogens (tertiary/aromatic N) is 3. The molecule has 0 bridgehead atoms. The van der Waals surface area contributed by atoms with E-state index in [1.165, 1.54) is 17.3 Å². The lowest BCUT2D eigenvalue weighted by Gasteiger charge is -2.33. The molecule has 2 aromatic carbocycles. The van der Waals surface area contributed by atoms with Crippen LogP contribution in [0.15, 0.2) is 53.7 Å². The zero-order valence-corrected chi connectivity index (χ0v) is 18.5. The zero-order valence-electron chi connectivity index (χ0n) is 16.9. The molecule has 6 nitrogen and oxygen atoms in total. The highest BCUT2D eigenvalue weighted by Crippen LogP contribution is 2.38. The molecule has 1 aliphatic rings. The van der Waals surface area contributed by atoms with Crippen LogP contribution < -0.4 is 10.7 Å². The van der Waals surface area contributed by atoms with Crippen LogP contribution in [0.3, 0.4) is 0 Å². The summed E-state index contributed by atoms with van der Waals surface area (Å²) in [6, 6.07) is 15.4. The summed E-state index contributed by atoms with van der Waals surface area (Å²) in [5.41, 5.74) is 6.40. The number of fused-ring (bicyclic) bond motifs is 1. The number of anilines is 1. The normalized spacial score (nSPS) is 17.8. The number of thioether (sulfide) groups is 1. The van der Waals surface area contributed by atoms with Gasteiger partial charge in [-0.1, -0.05) is 73.6 Å². The summed E-state index contributed by atoms with van der Waals surface area (Å²) < 4.78 is 1.92. The van der Waals surface area contributed by atoms with Crippen LogP contribution in [0.4, 0.5) is 5.69 Å². The highest BCUT2D eigenvalue weighted by Gasteiger charge is 2.37. The SMILES string of the molecule is CCCc1nnc2n1N[C@@H](c1ccc(CC)cc1)[C@@H](C(=O)Nc1ccccc1Cl)S2. The molecule has 2 N–H and O–H groups in total.